The number of fused-ring (bicyclic) bond motifs is 2. The van der Waals surface area contributed by atoms with Crippen molar-refractivity contribution >= 4 is 15.9 Å². The van der Waals surface area contributed by atoms with Crippen LogP contribution in [0, 0.1) is 0 Å². The Bertz CT molecular complexity index is 239. The second-order valence-electron chi connectivity index (χ2n) is 6.09. The second-order valence-corrected chi connectivity index (χ2v) is 7.39. The number of alkyl halides is 1. The molecule has 0 saturated carbocycles. The number of likely N-dealkylation sites (tertiary alicyclic amines) is 1. The summed E-state index contributed by atoms with van der Waals surface area (Å²) in [4.78, 5) is 6.28. The molecule has 2 atom stereocenters. The van der Waals surface area contributed by atoms with E-state index in [9.17, 15) is 0 Å². The van der Waals surface area contributed by atoms with Crippen LogP contribution in [0.2, 0.25) is 0 Å². The van der Waals surface area contributed by atoms with Crippen LogP contribution in [0.25, 0.3) is 0 Å². The first-order valence-corrected chi connectivity index (χ1v) is 8.36. The van der Waals surface area contributed by atoms with Crippen molar-refractivity contribution in [3.8, 4) is 0 Å². The molecule has 0 aliphatic carbocycles. The molecule has 0 aromatic heterocycles. The summed E-state index contributed by atoms with van der Waals surface area (Å²) in [7, 11) is 0. The van der Waals surface area contributed by atoms with Gasteiger partial charge in [-0.05, 0) is 71.1 Å². The van der Waals surface area contributed by atoms with Crippen LogP contribution in [0.3, 0.4) is 0 Å². The third kappa shape index (κ3) is 2.87. The average Bonchev–Trinajstić information content (AvgIpc) is 2.88. The van der Waals surface area contributed by atoms with Crippen LogP contribution < -0.4 is 0 Å². The molecule has 0 aromatic rings. The fourth-order valence-electron chi connectivity index (χ4n) is 4.06. The van der Waals surface area contributed by atoms with Crippen molar-refractivity contribution in [2.45, 2.75) is 61.9 Å². The summed E-state index contributed by atoms with van der Waals surface area (Å²) in [5.41, 5.74) is 0. The van der Waals surface area contributed by atoms with E-state index >= 15 is 0 Å². The first-order valence-electron chi connectivity index (χ1n) is 7.45. The molecule has 0 spiro atoms. The number of halogens is 1. The number of rotatable bonds is 4. The van der Waals surface area contributed by atoms with E-state index in [1.807, 2.05) is 0 Å². The predicted octanol–water partition coefficient (Wildman–Crippen LogP) is 2.86. The minimum atomic E-state index is 0.801. The standard InChI is InChI=1S/C14H25BrN2/c15-12-10-13-4-5-14(11-12)17(13)9-3-8-16-6-1-2-7-16/h12-14H,1-11H2. The number of hydrogen-bond donors (Lipinski definition) is 0. The summed E-state index contributed by atoms with van der Waals surface area (Å²) >= 11 is 3.82. The maximum Gasteiger partial charge on any atom is 0.0175 e. The molecule has 0 aromatic carbocycles. The Morgan fingerprint density at radius 3 is 2.24 bits per heavy atom. The third-order valence-electron chi connectivity index (χ3n) is 4.92. The van der Waals surface area contributed by atoms with Gasteiger partial charge < -0.3 is 4.90 Å². The summed E-state index contributed by atoms with van der Waals surface area (Å²) in [6.07, 6.45) is 9.94. The van der Waals surface area contributed by atoms with Crippen molar-refractivity contribution in [2.75, 3.05) is 26.2 Å². The normalized spacial score (nSPS) is 39.0. The van der Waals surface area contributed by atoms with E-state index in [0.29, 0.717) is 0 Å². The zero-order valence-electron chi connectivity index (χ0n) is 10.8. The van der Waals surface area contributed by atoms with E-state index in [1.54, 1.807) is 0 Å². The van der Waals surface area contributed by atoms with Crippen LogP contribution in [0.5, 0.6) is 0 Å². The van der Waals surface area contributed by atoms with E-state index in [1.165, 1.54) is 71.1 Å². The number of nitrogens with zero attached hydrogens (tertiary/aromatic N) is 2. The summed E-state index contributed by atoms with van der Waals surface area (Å²) in [5, 5.41) is 0. The molecular formula is C14H25BrN2. The van der Waals surface area contributed by atoms with Crippen molar-refractivity contribution < 1.29 is 0 Å². The smallest absolute Gasteiger partial charge is 0.0175 e. The summed E-state index contributed by atoms with van der Waals surface area (Å²) in [6, 6.07) is 1.80. The van der Waals surface area contributed by atoms with Crippen molar-refractivity contribution in [3.05, 3.63) is 0 Å². The molecule has 17 heavy (non-hydrogen) atoms. The highest BCUT2D eigenvalue weighted by Gasteiger charge is 2.39. The quantitative estimate of drug-likeness (QED) is 0.737. The van der Waals surface area contributed by atoms with E-state index in [4.69, 9.17) is 0 Å². The molecule has 0 amide bonds. The Hall–Kier alpha value is 0.400. The van der Waals surface area contributed by atoms with Crippen LogP contribution in [-0.4, -0.2) is 52.9 Å². The lowest BCUT2D eigenvalue weighted by Crippen LogP contribution is -2.44. The highest BCUT2D eigenvalue weighted by molar-refractivity contribution is 9.09. The molecule has 3 heteroatoms. The minimum Gasteiger partial charge on any atom is -0.303 e. The first kappa shape index (κ1) is 12.4. The fraction of sp³-hybridized carbons (Fsp3) is 1.00. The Morgan fingerprint density at radius 1 is 0.941 bits per heavy atom. The van der Waals surface area contributed by atoms with Crippen molar-refractivity contribution in [3.63, 3.8) is 0 Å². The molecule has 2 bridgehead atoms. The van der Waals surface area contributed by atoms with Gasteiger partial charge in [-0.3, -0.25) is 4.90 Å². The highest BCUT2D eigenvalue weighted by atomic mass is 79.9. The molecule has 3 aliphatic rings. The van der Waals surface area contributed by atoms with Gasteiger partial charge in [-0.15, -0.1) is 0 Å². The molecular weight excluding hydrogens is 276 g/mol. The van der Waals surface area contributed by atoms with Gasteiger partial charge in [0.25, 0.3) is 0 Å². The van der Waals surface area contributed by atoms with Crippen LogP contribution in [0.15, 0.2) is 0 Å². The second kappa shape index (κ2) is 5.58. The summed E-state index contributed by atoms with van der Waals surface area (Å²) < 4.78 is 0. The predicted molar refractivity (Wildman–Crippen MR) is 75.8 cm³/mol. The SMILES string of the molecule is BrC1CC2CCC(C1)N2CCCN1CCCC1. The summed E-state index contributed by atoms with van der Waals surface area (Å²) in [5.74, 6) is 0. The molecule has 3 heterocycles. The molecule has 3 rings (SSSR count). The van der Waals surface area contributed by atoms with Crippen molar-refractivity contribution in [1.82, 2.24) is 9.80 Å². The molecule has 2 unspecified atom stereocenters. The van der Waals surface area contributed by atoms with E-state index in [0.717, 1.165) is 16.9 Å². The Morgan fingerprint density at radius 2 is 1.59 bits per heavy atom. The summed E-state index contributed by atoms with van der Waals surface area (Å²) in [6.45, 7) is 5.41. The maximum atomic E-state index is 3.82. The van der Waals surface area contributed by atoms with Crippen LogP contribution >= 0.6 is 15.9 Å². The van der Waals surface area contributed by atoms with Gasteiger partial charge in [0.1, 0.15) is 0 Å². The molecule has 3 fully saturated rings. The first-order chi connectivity index (χ1) is 8.33. The number of piperidine rings is 1. The van der Waals surface area contributed by atoms with Crippen LogP contribution in [0.4, 0.5) is 0 Å². The van der Waals surface area contributed by atoms with Gasteiger partial charge in [0.15, 0.2) is 0 Å². The third-order valence-corrected chi connectivity index (χ3v) is 5.66. The van der Waals surface area contributed by atoms with Gasteiger partial charge in [-0.1, -0.05) is 15.9 Å². The van der Waals surface area contributed by atoms with Crippen molar-refractivity contribution in [2.24, 2.45) is 0 Å². The van der Waals surface area contributed by atoms with Gasteiger partial charge in [0.2, 0.25) is 0 Å². The van der Waals surface area contributed by atoms with Gasteiger partial charge in [0, 0.05) is 16.9 Å². The zero-order chi connectivity index (χ0) is 11.7. The lowest BCUT2D eigenvalue weighted by atomic mass is 10.0. The Kier molecular flexibility index (Phi) is 4.08. The highest BCUT2D eigenvalue weighted by Crippen LogP contribution is 2.38. The molecule has 0 N–H and O–H groups in total. The molecule has 3 saturated heterocycles. The monoisotopic (exact) mass is 300 g/mol. The lowest BCUT2D eigenvalue weighted by Gasteiger charge is -2.37. The maximum absolute atomic E-state index is 3.82. The lowest BCUT2D eigenvalue weighted by molar-refractivity contribution is 0.137. The van der Waals surface area contributed by atoms with Gasteiger partial charge in [-0.2, -0.15) is 0 Å². The van der Waals surface area contributed by atoms with Gasteiger partial charge in [-0.25, -0.2) is 0 Å². The van der Waals surface area contributed by atoms with Gasteiger partial charge in [0.05, 0.1) is 0 Å². The largest absolute Gasteiger partial charge is 0.303 e. The average molecular weight is 301 g/mol. The van der Waals surface area contributed by atoms with E-state index in [2.05, 4.69) is 25.7 Å². The Labute approximate surface area is 114 Å². The fourth-order valence-corrected chi connectivity index (χ4v) is 4.92. The number of hydrogen-bond acceptors (Lipinski definition) is 2. The Balaban J connectivity index is 1.43. The van der Waals surface area contributed by atoms with E-state index < -0.39 is 0 Å². The van der Waals surface area contributed by atoms with Crippen LogP contribution in [0.1, 0.15) is 44.9 Å². The topological polar surface area (TPSA) is 6.48 Å². The molecule has 0 radical (unpaired) electrons. The molecule has 2 nitrogen and oxygen atoms in total. The molecule has 3 aliphatic heterocycles. The zero-order valence-corrected chi connectivity index (χ0v) is 12.4. The van der Waals surface area contributed by atoms with Crippen molar-refractivity contribution in [1.29, 1.82) is 0 Å². The molecule has 98 valence electrons. The van der Waals surface area contributed by atoms with Crippen LogP contribution in [-0.2, 0) is 0 Å². The van der Waals surface area contributed by atoms with E-state index in [-0.39, 0.29) is 0 Å². The van der Waals surface area contributed by atoms with Gasteiger partial charge >= 0.3 is 0 Å². The minimum absolute atomic E-state index is 0.801.